The summed E-state index contributed by atoms with van der Waals surface area (Å²) in [6.07, 6.45) is 0. The molecule has 0 amide bonds. The highest BCUT2D eigenvalue weighted by atomic mass is 16.3. The highest BCUT2D eigenvalue weighted by Crippen LogP contribution is 2.41. The molecule has 0 saturated carbocycles. The van der Waals surface area contributed by atoms with Crippen molar-refractivity contribution in [2.24, 2.45) is 0 Å². The molecule has 0 N–H and O–H groups in total. The molecule has 0 aliphatic carbocycles. The predicted octanol–water partition coefficient (Wildman–Crippen LogP) is 11.3. The van der Waals surface area contributed by atoms with Crippen LogP contribution in [0.4, 0.5) is 0 Å². The molecule has 10 rings (SSSR count). The molecule has 45 heavy (non-hydrogen) atoms. The largest absolute Gasteiger partial charge is 0.456 e. The molecule has 10 aromatic rings. The summed E-state index contributed by atoms with van der Waals surface area (Å²) < 4.78 is 15.2. The van der Waals surface area contributed by atoms with Crippen molar-refractivity contribution in [1.29, 1.82) is 0 Å². The lowest BCUT2D eigenvalue weighted by Gasteiger charge is -2.11. The Morgan fingerprint density at radius 1 is 0.467 bits per heavy atom. The lowest BCUT2D eigenvalue weighted by Crippen LogP contribution is -1.95. The smallest absolute Gasteiger partial charge is 0.227 e. The van der Waals surface area contributed by atoms with E-state index in [0.717, 1.165) is 55.4 Å². The van der Waals surface area contributed by atoms with Crippen molar-refractivity contribution in [2.75, 3.05) is 0 Å². The SMILES string of the molecule is c1ccc(-c2nc3ccc(-c4ccc5c(c4)oc4cccc(-n6c7ccccc7c7ccc8ccccc8c76)c45)cc3o2)cc1. The van der Waals surface area contributed by atoms with Crippen LogP contribution < -0.4 is 0 Å². The monoisotopic (exact) mass is 576 g/mol. The zero-order chi connectivity index (χ0) is 29.5. The first-order valence-corrected chi connectivity index (χ1v) is 15.1. The Balaban J connectivity index is 1.18. The highest BCUT2D eigenvalue weighted by molar-refractivity contribution is 6.20. The van der Waals surface area contributed by atoms with Gasteiger partial charge in [0.1, 0.15) is 16.7 Å². The number of furan rings is 1. The average Bonchev–Trinajstić information content (AvgIpc) is 3.80. The van der Waals surface area contributed by atoms with Crippen LogP contribution in [0.3, 0.4) is 0 Å². The van der Waals surface area contributed by atoms with E-state index in [-0.39, 0.29) is 0 Å². The molecule has 3 aromatic heterocycles. The van der Waals surface area contributed by atoms with E-state index in [9.17, 15) is 0 Å². The van der Waals surface area contributed by atoms with E-state index in [1.165, 1.54) is 32.6 Å². The van der Waals surface area contributed by atoms with Crippen LogP contribution in [0.1, 0.15) is 0 Å². The van der Waals surface area contributed by atoms with Crippen LogP contribution in [-0.4, -0.2) is 9.55 Å². The summed E-state index contributed by atoms with van der Waals surface area (Å²) >= 11 is 0. The van der Waals surface area contributed by atoms with Gasteiger partial charge in [-0.2, -0.15) is 0 Å². The Morgan fingerprint density at radius 2 is 1.22 bits per heavy atom. The van der Waals surface area contributed by atoms with Crippen molar-refractivity contribution >= 4 is 65.6 Å². The van der Waals surface area contributed by atoms with Gasteiger partial charge in [-0.3, -0.25) is 0 Å². The first-order chi connectivity index (χ1) is 22.3. The number of hydrogen-bond donors (Lipinski definition) is 0. The minimum Gasteiger partial charge on any atom is -0.456 e. The normalized spacial score (nSPS) is 12.0. The average molecular weight is 577 g/mol. The molecule has 0 unspecified atom stereocenters. The molecule has 0 aliphatic heterocycles. The number of oxazole rings is 1. The van der Waals surface area contributed by atoms with Crippen LogP contribution in [-0.2, 0) is 0 Å². The van der Waals surface area contributed by atoms with Crippen molar-refractivity contribution in [2.45, 2.75) is 0 Å². The topological polar surface area (TPSA) is 44.1 Å². The number of benzene rings is 7. The number of para-hydroxylation sites is 1. The molecule has 0 bridgehead atoms. The first-order valence-electron chi connectivity index (χ1n) is 15.1. The number of rotatable bonds is 3. The van der Waals surface area contributed by atoms with Crippen molar-refractivity contribution < 1.29 is 8.83 Å². The van der Waals surface area contributed by atoms with Gasteiger partial charge in [-0.25, -0.2) is 4.98 Å². The summed E-state index contributed by atoms with van der Waals surface area (Å²) in [5.41, 5.74) is 9.89. The summed E-state index contributed by atoms with van der Waals surface area (Å²) in [5.74, 6) is 0.626. The maximum absolute atomic E-state index is 6.57. The lowest BCUT2D eigenvalue weighted by molar-refractivity contribution is 0.620. The van der Waals surface area contributed by atoms with E-state index < -0.39 is 0 Å². The molecule has 0 saturated heterocycles. The molecule has 0 atom stereocenters. The molecule has 3 heterocycles. The standard InChI is InChI=1S/C41H24N2O2/c1-2-10-26(11-3-1)41-42-33-22-19-28(24-38(33)45-41)27-18-21-32-37(23-27)44-36-16-8-15-35(39(32)36)43-34-14-7-6-13-30(34)31-20-17-25-9-4-5-12-29(25)40(31)43/h1-24H. The Hall–Kier alpha value is -6.13. The van der Waals surface area contributed by atoms with E-state index in [1.54, 1.807) is 0 Å². The van der Waals surface area contributed by atoms with Gasteiger partial charge < -0.3 is 13.4 Å². The van der Waals surface area contributed by atoms with E-state index >= 15 is 0 Å². The maximum atomic E-state index is 6.57. The minimum atomic E-state index is 0.626. The summed E-state index contributed by atoms with van der Waals surface area (Å²) in [7, 11) is 0. The van der Waals surface area contributed by atoms with E-state index in [1.807, 2.05) is 36.4 Å². The van der Waals surface area contributed by atoms with Crippen LogP contribution >= 0.6 is 0 Å². The Bertz CT molecular complexity index is 2760. The third-order valence-electron chi connectivity index (χ3n) is 9.02. The van der Waals surface area contributed by atoms with Gasteiger partial charge in [-0.1, -0.05) is 91.0 Å². The van der Waals surface area contributed by atoms with Gasteiger partial charge in [0.2, 0.25) is 5.89 Å². The lowest BCUT2D eigenvalue weighted by atomic mass is 10.0. The zero-order valence-electron chi connectivity index (χ0n) is 24.1. The highest BCUT2D eigenvalue weighted by Gasteiger charge is 2.19. The summed E-state index contributed by atoms with van der Waals surface area (Å²) in [6, 6.07) is 50.8. The second-order valence-corrected chi connectivity index (χ2v) is 11.6. The molecule has 0 spiro atoms. The van der Waals surface area contributed by atoms with E-state index in [2.05, 4.69) is 114 Å². The van der Waals surface area contributed by atoms with Crippen LogP contribution in [0.25, 0.3) is 93.9 Å². The van der Waals surface area contributed by atoms with Gasteiger partial charge in [0, 0.05) is 27.1 Å². The second-order valence-electron chi connectivity index (χ2n) is 11.6. The quantitative estimate of drug-likeness (QED) is 0.210. The molecular weight excluding hydrogens is 552 g/mol. The third-order valence-corrected chi connectivity index (χ3v) is 9.02. The van der Waals surface area contributed by atoms with Crippen molar-refractivity contribution in [3.05, 3.63) is 146 Å². The number of nitrogens with zero attached hydrogens (tertiary/aromatic N) is 2. The Morgan fingerprint density at radius 3 is 2.13 bits per heavy atom. The molecule has 0 aliphatic rings. The van der Waals surface area contributed by atoms with Gasteiger partial charge in [0.15, 0.2) is 5.58 Å². The molecule has 4 nitrogen and oxygen atoms in total. The number of hydrogen-bond acceptors (Lipinski definition) is 3. The molecule has 210 valence electrons. The molecule has 0 fully saturated rings. The first kappa shape index (κ1) is 24.3. The van der Waals surface area contributed by atoms with Gasteiger partial charge >= 0.3 is 0 Å². The van der Waals surface area contributed by atoms with Gasteiger partial charge in [-0.05, 0) is 71.1 Å². The molecular formula is C41H24N2O2. The van der Waals surface area contributed by atoms with Crippen molar-refractivity contribution in [1.82, 2.24) is 9.55 Å². The predicted molar refractivity (Wildman–Crippen MR) is 184 cm³/mol. The Labute approximate surface area is 257 Å². The summed E-state index contributed by atoms with van der Waals surface area (Å²) in [5, 5.41) is 7.13. The fourth-order valence-electron chi connectivity index (χ4n) is 6.96. The van der Waals surface area contributed by atoms with Gasteiger partial charge in [0.25, 0.3) is 0 Å². The van der Waals surface area contributed by atoms with E-state index in [0.29, 0.717) is 5.89 Å². The Kier molecular flexibility index (Phi) is 4.96. The summed E-state index contributed by atoms with van der Waals surface area (Å²) in [6.45, 7) is 0. The van der Waals surface area contributed by atoms with Gasteiger partial charge in [-0.15, -0.1) is 0 Å². The summed E-state index contributed by atoms with van der Waals surface area (Å²) in [4.78, 5) is 4.71. The third kappa shape index (κ3) is 3.57. The number of fused-ring (bicyclic) bond motifs is 9. The van der Waals surface area contributed by atoms with Crippen LogP contribution in [0, 0.1) is 0 Å². The molecule has 7 aromatic carbocycles. The fourth-order valence-corrected chi connectivity index (χ4v) is 6.96. The van der Waals surface area contributed by atoms with Crippen LogP contribution in [0.5, 0.6) is 0 Å². The minimum absolute atomic E-state index is 0.626. The molecule has 0 radical (unpaired) electrons. The fraction of sp³-hybridized carbons (Fsp3) is 0. The van der Waals surface area contributed by atoms with Crippen LogP contribution in [0.15, 0.2) is 154 Å². The van der Waals surface area contributed by atoms with Crippen molar-refractivity contribution in [3.63, 3.8) is 0 Å². The zero-order valence-corrected chi connectivity index (χ0v) is 24.1. The number of aromatic nitrogens is 2. The van der Waals surface area contributed by atoms with E-state index in [4.69, 9.17) is 13.8 Å². The van der Waals surface area contributed by atoms with Crippen LogP contribution in [0.2, 0.25) is 0 Å². The second kappa shape index (κ2) is 9.18. The molecule has 4 heteroatoms. The van der Waals surface area contributed by atoms with Crippen molar-refractivity contribution in [3.8, 4) is 28.3 Å². The van der Waals surface area contributed by atoms with Gasteiger partial charge in [0.05, 0.1) is 22.1 Å². The maximum Gasteiger partial charge on any atom is 0.227 e.